The summed E-state index contributed by atoms with van der Waals surface area (Å²) in [6.45, 7) is 4.50. The van der Waals surface area contributed by atoms with Gasteiger partial charge < -0.3 is 15.0 Å². The minimum absolute atomic E-state index is 0.0523. The quantitative estimate of drug-likeness (QED) is 0.834. The van der Waals surface area contributed by atoms with Crippen LogP contribution in [-0.2, 0) is 0 Å². The predicted molar refractivity (Wildman–Crippen MR) is 66.4 cm³/mol. The van der Waals surface area contributed by atoms with Crippen LogP contribution in [0.15, 0.2) is 24.3 Å². The number of nitrogens with zero attached hydrogens (tertiary/aromatic N) is 1. The van der Waals surface area contributed by atoms with E-state index < -0.39 is 0 Å². The first-order valence-electron chi connectivity index (χ1n) is 5.88. The van der Waals surface area contributed by atoms with Gasteiger partial charge in [-0.05, 0) is 19.1 Å². The summed E-state index contributed by atoms with van der Waals surface area (Å²) in [6.07, 6.45) is 0. The minimum atomic E-state index is 0.0523. The van der Waals surface area contributed by atoms with E-state index in [0.717, 1.165) is 19.6 Å². The monoisotopic (exact) mass is 234 g/mol. The number of benzene rings is 1. The number of methoxy groups -OCH3 is 1. The van der Waals surface area contributed by atoms with Crippen LogP contribution in [0, 0.1) is 0 Å². The van der Waals surface area contributed by atoms with E-state index in [9.17, 15) is 4.79 Å². The first kappa shape index (κ1) is 11.9. The van der Waals surface area contributed by atoms with Gasteiger partial charge in [-0.25, -0.2) is 0 Å². The number of hydrogen-bond acceptors (Lipinski definition) is 3. The second-order valence-electron chi connectivity index (χ2n) is 4.25. The van der Waals surface area contributed by atoms with Crippen LogP contribution in [0.5, 0.6) is 5.75 Å². The molecule has 17 heavy (non-hydrogen) atoms. The van der Waals surface area contributed by atoms with Gasteiger partial charge in [-0.15, -0.1) is 0 Å². The number of nitrogens with one attached hydrogen (secondary N) is 1. The molecular formula is C13H18N2O2. The SMILES string of the molecule is COc1ccccc1C(=O)N1CCNC[C@@H]1C. The van der Waals surface area contributed by atoms with Gasteiger partial charge in [0.05, 0.1) is 12.7 Å². The molecular weight excluding hydrogens is 216 g/mol. The summed E-state index contributed by atoms with van der Waals surface area (Å²) >= 11 is 0. The van der Waals surface area contributed by atoms with E-state index in [-0.39, 0.29) is 11.9 Å². The Hall–Kier alpha value is -1.55. The molecule has 0 spiro atoms. The van der Waals surface area contributed by atoms with Crippen LogP contribution in [-0.4, -0.2) is 43.6 Å². The Balaban J connectivity index is 2.23. The van der Waals surface area contributed by atoms with Crippen LogP contribution < -0.4 is 10.1 Å². The lowest BCUT2D eigenvalue weighted by Gasteiger charge is -2.34. The molecule has 0 aliphatic carbocycles. The summed E-state index contributed by atoms with van der Waals surface area (Å²) in [5.74, 6) is 0.694. The number of rotatable bonds is 2. The summed E-state index contributed by atoms with van der Waals surface area (Å²) < 4.78 is 5.23. The van der Waals surface area contributed by atoms with Crippen molar-refractivity contribution in [3.63, 3.8) is 0 Å². The Labute approximate surface area is 102 Å². The molecule has 1 aliphatic rings. The zero-order valence-corrected chi connectivity index (χ0v) is 10.3. The fraction of sp³-hybridized carbons (Fsp3) is 0.462. The average Bonchev–Trinajstić information content (AvgIpc) is 2.38. The second kappa shape index (κ2) is 5.19. The lowest BCUT2D eigenvalue weighted by Crippen LogP contribution is -2.52. The number of carbonyl (C=O) groups is 1. The third-order valence-corrected chi connectivity index (χ3v) is 3.10. The third kappa shape index (κ3) is 2.42. The van der Waals surface area contributed by atoms with Crippen LogP contribution >= 0.6 is 0 Å². The third-order valence-electron chi connectivity index (χ3n) is 3.10. The van der Waals surface area contributed by atoms with Gasteiger partial charge in [0, 0.05) is 25.7 Å². The minimum Gasteiger partial charge on any atom is -0.496 e. The zero-order valence-electron chi connectivity index (χ0n) is 10.3. The molecule has 0 unspecified atom stereocenters. The normalized spacial score (nSPS) is 20.1. The fourth-order valence-electron chi connectivity index (χ4n) is 2.12. The van der Waals surface area contributed by atoms with Crippen molar-refractivity contribution in [1.29, 1.82) is 0 Å². The van der Waals surface area contributed by atoms with Gasteiger partial charge in [-0.1, -0.05) is 12.1 Å². The molecule has 1 amide bonds. The van der Waals surface area contributed by atoms with E-state index in [4.69, 9.17) is 4.74 Å². The van der Waals surface area contributed by atoms with E-state index in [1.54, 1.807) is 7.11 Å². The largest absolute Gasteiger partial charge is 0.496 e. The lowest BCUT2D eigenvalue weighted by atomic mass is 10.1. The molecule has 1 N–H and O–H groups in total. The Morgan fingerprint density at radius 3 is 2.94 bits per heavy atom. The Bertz CT molecular complexity index is 406. The van der Waals surface area contributed by atoms with Gasteiger partial charge in [0.1, 0.15) is 5.75 Å². The van der Waals surface area contributed by atoms with E-state index in [1.165, 1.54) is 0 Å². The summed E-state index contributed by atoms with van der Waals surface area (Å²) in [5.41, 5.74) is 0.642. The van der Waals surface area contributed by atoms with Crippen molar-refractivity contribution in [2.75, 3.05) is 26.7 Å². The highest BCUT2D eigenvalue weighted by Crippen LogP contribution is 2.20. The Morgan fingerprint density at radius 1 is 1.47 bits per heavy atom. The highest BCUT2D eigenvalue weighted by atomic mass is 16.5. The average molecular weight is 234 g/mol. The number of hydrogen-bond donors (Lipinski definition) is 1. The molecule has 1 fully saturated rings. The second-order valence-corrected chi connectivity index (χ2v) is 4.25. The van der Waals surface area contributed by atoms with Crippen molar-refractivity contribution < 1.29 is 9.53 Å². The molecule has 4 nitrogen and oxygen atoms in total. The van der Waals surface area contributed by atoms with Crippen LogP contribution in [0.25, 0.3) is 0 Å². The molecule has 1 aliphatic heterocycles. The first-order chi connectivity index (χ1) is 8.24. The number of piperazine rings is 1. The maximum atomic E-state index is 12.4. The zero-order chi connectivity index (χ0) is 12.3. The van der Waals surface area contributed by atoms with E-state index in [1.807, 2.05) is 29.2 Å². The maximum Gasteiger partial charge on any atom is 0.257 e. The maximum absolute atomic E-state index is 12.4. The molecule has 1 aromatic rings. The highest BCUT2D eigenvalue weighted by molar-refractivity contribution is 5.97. The molecule has 4 heteroatoms. The summed E-state index contributed by atoms with van der Waals surface area (Å²) in [7, 11) is 1.59. The number of carbonyl (C=O) groups excluding carboxylic acids is 1. The van der Waals surface area contributed by atoms with Gasteiger partial charge in [0.15, 0.2) is 0 Å². The molecule has 92 valence electrons. The Morgan fingerprint density at radius 2 is 2.24 bits per heavy atom. The number of amides is 1. The van der Waals surface area contributed by atoms with Gasteiger partial charge >= 0.3 is 0 Å². The number of ether oxygens (including phenoxy) is 1. The van der Waals surface area contributed by atoms with Crippen molar-refractivity contribution in [2.45, 2.75) is 13.0 Å². The highest BCUT2D eigenvalue weighted by Gasteiger charge is 2.25. The lowest BCUT2D eigenvalue weighted by molar-refractivity contribution is 0.0652. The molecule has 1 aromatic carbocycles. The molecule has 0 saturated carbocycles. The summed E-state index contributed by atoms with van der Waals surface area (Å²) in [4.78, 5) is 14.3. The Kier molecular flexibility index (Phi) is 3.64. The standard InChI is InChI=1S/C13H18N2O2/c1-10-9-14-7-8-15(10)13(16)11-5-3-4-6-12(11)17-2/h3-6,10,14H,7-9H2,1-2H3/t10-/m0/s1. The van der Waals surface area contributed by atoms with E-state index >= 15 is 0 Å². The summed E-state index contributed by atoms with van der Waals surface area (Å²) in [5, 5.41) is 3.27. The van der Waals surface area contributed by atoms with Crippen molar-refractivity contribution in [2.24, 2.45) is 0 Å². The molecule has 1 atom stereocenters. The van der Waals surface area contributed by atoms with Crippen LogP contribution in [0.2, 0.25) is 0 Å². The first-order valence-corrected chi connectivity index (χ1v) is 5.88. The van der Waals surface area contributed by atoms with Crippen molar-refractivity contribution in [3.05, 3.63) is 29.8 Å². The van der Waals surface area contributed by atoms with E-state index in [0.29, 0.717) is 11.3 Å². The van der Waals surface area contributed by atoms with Gasteiger partial charge in [0.25, 0.3) is 5.91 Å². The smallest absolute Gasteiger partial charge is 0.257 e. The molecule has 0 radical (unpaired) electrons. The molecule has 0 bridgehead atoms. The molecule has 0 aromatic heterocycles. The van der Waals surface area contributed by atoms with E-state index in [2.05, 4.69) is 12.2 Å². The van der Waals surface area contributed by atoms with Gasteiger partial charge in [0.2, 0.25) is 0 Å². The molecule has 1 saturated heterocycles. The summed E-state index contributed by atoms with van der Waals surface area (Å²) in [6, 6.07) is 7.59. The van der Waals surface area contributed by atoms with Crippen LogP contribution in [0.4, 0.5) is 0 Å². The predicted octanol–water partition coefficient (Wildman–Crippen LogP) is 1.13. The fourth-order valence-corrected chi connectivity index (χ4v) is 2.12. The molecule has 1 heterocycles. The number of para-hydroxylation sites is 1. The molecule has 2 rings (SSSR count). The van der Waals surface area contributed by atoms with Crippen molar-refractivity contribution >= 4 is 5.91 Å². The van der Waals surface area contributed by atoms with Crippen LogP contribution in [0.1, 0.15) is 17.3 Å². The topological polar surface area (TPSA) is 41.6 Å². The van der Waals surface area contributed by atoms with Gasteiger partial charge in [-0.2, -0.15) is 0 Å². The van der Waals surface area contributed by atoms with Crippen molar-refractivity contribution in [1.82, 2.24) is 10.2 Å². The van der Waals surface area contributed by atoms with Gasteiger partial charge in [-0.3, -0.25) is 4.79 Å². The van der Waals surface area contributed by atoms with Crippen LogP contribution in [0.3, 0.4) is 0 Å². The van der Waals surface area contributed by atoms with Crippen molar-refractivity contribution in [3.8, 4) is 5.75 Å².